The van der Waals surface area contributed by atoms with Crippen LogP contribution < -0.4 is 16.4 Å². The second kappa shape index (κ2) is 16.1. The molecule has 232 valence electrons. The van der Waals surface area contributed by atoms with Crippen LogP contribution in [0.5, 0.6) is 0 Å². The molecule has 1 aliphatic carbocycles. The molecule has 5 N–H and O–H groups in total. The molecule has 0 aromatic carbocycles. The van der Waals surface area contributed by atoms with Crippen molar-refractivity contribution in [3.8, 4) is 0 Å². The number of nitrogens with two attached hydrogens (primary N) is 1. The van der Waals surface area contributed by atoms with Crippen molar-refractivity contribution >= 4 is 23.6 Å². The Kier molecular flexibility index (Phi) is 13.3. The second-order valence-corrected chi connectivity index (χ2v) is 10.5. The van der Waals surface area contributed by atoms with Crippen LogP contribution in [-0.4, -0.2) is 80.5 Å². The largest absolute Gasteiger partial charge is 0.439 e. The Morgan fingerprint density at radius 2 is 1.88 bits per heavy atom. The molecule has 1 aliphatic heterocycles. The molecule has 0 unspecified atom stereocenters. The van der Waals surface area contributed by atoms with Crippen molar-refractivity contribution in [3.63, 3.8) is 0 Å². The molecule has 42 heavy (non-hydrogen) atoms. The van der Waals surface area contributed by atoms with E-state index in [0.29, 0.717) is 12.0 Å². The predicted octanol–water partition coefficient (Wildman–Crippen LogP) is 2.32. The van der Waals surface area contributed by atoms with Crippen molar-refractivity contribution in [3.05, 3.63) is 58.5 Å². The van der Waals surface area contributed by atoms with Crippen LogP contribution in [-0.2, 0) is 28.6 Å². The fourth-order valence-electron chi connectivity index (χ4n) is 4.95. The molecule has 0 radical (unpaired) electrons. The molecule has 0 aromatic rings. The summed E-state index contributed by atoms with van der Waals surface area (Å²) in [5, 5.41) is 16.4. The van der Waals surface area contributed by atoms with Gasteiger partial charge in [0, 0.05) is 43.9 Å². The third kappa shape index (κ3) is 9.20. The topological polar surface area (TPSA) is 166 Å². The molecular weight excluding hydrogens is 549 g/mol. The number of alkyl halides is 1. The van der Waals surface area contributed by atoms with Crippen LogP contribution in [0.4, 0.5) is 9.18 Å². The SMILES string of the molecule is CO[C@H]1/C=C\C=C(/C)C(=O)NC2=CC(=O)C(NCCF)=C(C[C@@H](C)C[C@@H](OC)[C@@H](O)[C@@H](C)/C=C(\C)[C@@H]1OC(N)=O)C2=O. The maximum Gasteiger partial charge on any atom is 0.405 e. The number of rotatable bonds is 6. The fraction of sp³-hybridized carbons (Fsp3) is 0.533. The normalized spacial score (nSPS) is 31.7. The molecule has 1 heterocycles. The number of methoxy groups -OCH3 is 2. The molecule has 0 fully saturated rings. The van der Waals surface area contributed by atoms with E-state index >= 15 is 0 Å². The number of hydrogen-bond acceptors (Lipinski definition) is 9. The molecule has 11 nitrogen and oxygen atoms in total. The first kappa shape index (κ1) is 34.6. The Hall–Kier alpha value is -3.61. The van der Waals surface area contributed by atoms with Crippen LogP contribution in [0, 0.1) is 11.8 Å². The van der Waals surface area contributed by atoms with E-state index in [0.717, 1.165) is 6.08 Å². The summed E-state index contributed by atoms with van der Waals surface area (Å²) in [5.41, 5.74) is 5.99. The lowest BCUT2D eigenvalue weighted by molar-refractivity contribution is -0.120. The van der Waals surface area contributed by atoms with Crippen LogP contribution in [0.1, 0.15) is 40.5 Å². The molecule has 2 aliphatic rings. The number of halogens is 1. The number of allylic oxidation sites excluding steroid dienone is 4. The van der Waals surface area contributed by atoms with Gasteiger partial charge in [0.05, 0.1) is 23.6 Å². The monoisotopic (exact) mass is 591 g/mol. The summed E-state index contributed by atoms with van der Waals surface area (Å²) in [5.74, 6) is -2.49. The number of aliphatic hydroxyl groups is 1. The number of aliphatic hydroxyl groups excluding tert-OH is 1. The van der Waals surface area contributed by atoms with E-state index in [2.05, 4.69) is 10.6 Å². The van der Waals surface area contributed by atoms with E-state index in [1.165, 1.54) is 33.3 Å². The molecular formula is C30H42FN3O8. The van der Waals surface area contributed by atoms with E-state index in [1.54, 1.807) is 26.0 Å². The molecule has 6 atom stereocenters. The summed E-state index contributed by atoms with van der Waals surface area (Å²) in [6.07, 6.45) is 3.29. The number of Topliss-reactive ketones (excluding diaryl/α,β-unsaturated/α-hetero) is 1. The molecule has 2 rings (SSSR count). The van der Waals surface area contributed by atoms with Gasteiger partial charge in [0.1, 0.15) is 12.8 Å². The summed E-state index contributed by atoms with van der Waals surface area (Å²) < 4.78 is 29.4. The number of amides is 2. The van der Waals surface area contributed by atoms with E-state index in [9.17, 15) is 28.7 Å². The van der Waals surface area contributed by atoms with Crippen LogP contribution in [0.2, 0.25) is 0 Å². The minimum absolute atomic E-state index is 0.0175. The maximum absolute atomic E-state index is 13.5. The lowest BCUT2D eigenvalue weighted by Gasteiger charge is -2.30. The molecule has 0 aromatic heterocycles. The molecule has 2 amide bonds. The lowest BCUT2D eigenvalue weighted by Crippen LogP contribution is -2.38. The average molecular weight is 592 g/mol. The van der Waals surface area contributed by atoms with E-state index in [-0.39, 0.29) is 41.4 Å². The van der Waals surface area contributed by atoms with Gasteiger partial charge in [0.2, 0.25) is 11.6 Å². The molecule has 0 spiro atoms. The Morgan fingerprint density at radius 3 is 2.48 bits per heavy atom. The van der Waals surface area contributed by atoms with Gasteiger partial charge < -0.3 is 35.7 Å². The Labute approximate surface area is 245 Å². The van der Waals surface area contributed by atoms with Crippen molar-refractivity contribution in [1.29, 1.82) is 0 Å². The van der Waals surface area contributed by atoms with Crippen LogP contribution >= 0.6 is 0 Å². The highest BCUT2D eigenvalue weighted by Gasteiger charge is 2.33. The van der Waals surface area contributed by atoms with Gasteiger partial charge in [0.15, 0.2) is 6.10 Å². The number of ketones is 2. The smallest absolute Gasteiger partial charge is 0.405 e. The number of nitrogens with one attached hydrogen (secondary N) is 2. The van der Waals surface area contributed by atoms with Gasteiger partial charge in [-0.3, -0.25) is 14.4 Å². The minimum atomic E-state index is -1.02. The second-order valence-electron chi connectivity index (χ2n) is 10.5. The highest BCUT2D eigenvalue weighted by Crippen LogP contribution is 2.28. The average Bonchev–Trinajstić information content (AvgIpc) is 2.94. The highest BCUT2D eigenvalue weighted by atomic mass is 19.1. The quantitative estimate of drug-likeness (QED) is 0.268. The summed E-state index contributed by atoms with van der Waals surface area (Å²) in [6.45, 7) is 5.92. The number of carbonyl (C=O) groups is 4. The van der Waals surface area contributed by atoms with Crippen molar-refractivity contribution in [2.45, 2.75) is 65.0 Å². The number of primary amides is 1. The van der Waals surface area contributed by atoms with E-state index in [4.69, 9.17) is 19.9 Å². The zero-order valence-electron chi connectivity index (χ0n) is 24.9. The van der Waals surface area contributed by atoms with Crippen molar-refractivity contribution in [1.82, 2.24) is 10.6 Å². The third-order valence-electron chi connectivity index (χ3n) is 7.19. The van der Waals surface area contributed by atoms with Gasteiger partial charge in [-0.2, -0.15) is 0 Å². The van der Waals surface area contributed by atoms with Gasteiger partial charge in [0.25, 0.3) is 5.91 Å². The highest BCUT2D eigenvalue weighted by molar-refractivity contribution is 6.23. The van der Waals surface area contributed by atoms with Crippen molar-refractivity contribution in [2.24, 2.45) is 17.6 Å². The number of ether oxygens (including phenoxy) is 3. The standard InChI is InChI=1S/C30H42FN3O8/c1-16-12-20-25(33-11-10-31)22(35)15-21(27(20)37)34-29(38)17(2)8-7-9-23(40-5)28(42-30(32)39)19(4)14-18(3)26(36)24(13-16)41-6/h7-9,14-16,18,23-24,26,28,33,36H,10-13H2,1-6H3,(H2,32,39)(H,34,38)/b9-7-,17-8+,19-14+/t16-,18+,23+,24-,26+,28+/m1/s1. The Morgan fingerprint density at radius 1 is 1.19 bits per heavy atom. The summed E-state index contributed by atoms with van der Waals surface area (Å²) >= 11 is 0. The summed E-state index contributed by atoms with van der Waals surface area (Å²) in [7, 11) is 2.87. The Bertz CT molecular complexity index is 1190. The number of hydrogen-bond donors (Lipinski definition) is 4. The third-order valence-corrected chi connectivity index (χ3v) is 7.19. The van der Waals surface area contributed by atoms with Crippen LogP contribution in [0.15, 0.2) is 58.5 Å². The minimum Gasteiger partial charge on any atom is -0.439 e. The van der Waals surface area contributed by atoms with E-state index in [1.807, 2.05) is 6.92 Å². The molecule has 0 saturated heterocycles. The fourth-order valence-corrected chi connectivity index (χ4v) is 4.95. The van der Waals surface area contributed by atoms with Gasteiger partial charge >= 0.3 is 6.09 Å². The first-order chi connectivity index (χ1) is 19.8. The van der Waals surface area contributed by atoms with Gasteiger partial charge in [-0.05, 0) is 38.2 Å². The van der Waals surface area contributed by atoms with Gasteiger partial charge in [-0.15, -0.1) is 0 Å². The molecule has 12 heteroatoms. The predicted molar refractivity (Wildman–Crippen MR) is 154 cm³/mol. The summed E-state index contributed by atoms with van der Waals surface area (Å²) in [6, 6.07) is 0. The van der Waals surface area contributed by atoms with Gasteiger partial charge in [-0.25, -0.2) is 9.18 Å². The number of fused-ring (bicyclic) bond motifs is 2. The van der Waals surface area contributed by atoms with E-state index < -0.39 is 60.6 Å². The number of carbonyl (C=O) groups excluding carboxylic acids is 4. The first-order valence-corrected chi connectivity index (χ1v) is 13.7. The lowest BCUT2D eigenvalue weighted by atomic mass is 9.85. The Balaban J connectivity index is 2.61. The van der Waals surface area contributed by atoms with Crippen LogP contribution in [0.3, 0.4) is 0 Å². The van der Waals surface area contributed by atoms with Crippen molar-refractivity contribution < 1.29 is 42.9 Å². The van der Waals surface area contributed by atoms with Crippen molar-refractivity contribution in [2.75, 3.05) is 27.4 Å². The zero-order chi connectivity index (χ0) is 31.6. The maximum atomic E-state index is 13.5. The molecule has 0 saturated carbocycles. The van der Waals surface area contributed by atoms with Crippen LogP contribution in [0.25, 0.3) is 0 Å². The summed E-state index contributed by atoms with van der Waals surface area (Å²) in [4.78, 5) is 51.1. The first-order valence-electron chi connectivity index (χ1n) is 13.7. The zero-order valence-corrected chi connectivity index (χ0v) is 24.9. The van der Waals surface area contributed by atoms with Gasteiger partial charge in [-0.1, -0.05) is 38.2 Å². The molecule has 2 bridgehead atoms.